The molecule has 0 fully saturated rings. The van der Waals surface area contributed by atoms with Gasteiger partial charge in [0.25, 0.3) is 0 Å². The molecule has 0 unspecified atom stereocenters. The van der Waals surface area contributed by atoms with Gasteiger partial charge in [0.1, 0.15) is 5.82 Å². The number of hydrogen-bond acceptors (Lipinski definition) is 2. The van der Waals surface area contributed by atoms with E-state index in [1.165, 1.54) is 6.07 Å². The molecule has 0 radical (unpaired) electrons. The largest absolute Gasteiger partial charge is 0.417 e. The minimum Gasteiger partial charge on any atom is -0.366 e. The fourth-order valence-corrected chi connectivity index (χ4v) is 1.72. The van der Waals surface area contributed by atoms with E-state index in [1.807, 2.05) is 6.07 Å². The molecule has 19 heavy (non-hydrogen) atoms. The number of anilines is 1. The molecule has 1 aromatic carbocycles. The van der Waals surface area contributed by atoms with Gasteiger partial charge in [0, 0.05) is 17.8 Å². The van der Waals surface area contributed by atoms with E-state index in [0.29, 0.717) is 17.4 Å². The van der Waals surface area contributed by atoms with Crippen molar-refractivity contribution in [1.82, 2.24) is 4.98 Å². The first-order valence-electron chi connectivity index (χ1n) is 5.47. The zero-order valence-corrected chi connectivity index (χ0v) is 10.5. The molecule has 1 N–H and O–H groups in total. The van der Waals surface area contributed by atoms with Crippen LogP contribution in [0.15, 0.2) is 42.6 Å². The van der Waals surface area contributed by atoms with Gasteiger partial charge in [-0.2, -0.15) is 13.2 Å². The quantitative estimate of drug-likeness (QED) is 0.906. The number of nitrogens with one attached hydrogen (secondary N) is 1. The van der Waals surface area contributed by atoms with Gasteiger partial charge < -0.3 is 5.32 Å². The Labute approximate surface area is 113 Å². The molecule has 2 nitrogen and oxygen atoms in total. The molecule has 2 aromatic rings. The van der Waals surface area contributed by atoms with E-state index >= 15 is 0 Å². The standard InChI is InChI=1S/C13H10ClF3N2/c14-11-3-1-2-9(6-11)7-18-12-5-4-10(8-19-12)13(15,16)17/h1-6,8H,7H2,(H,18,19). The number of rotatable bonds is 3. The van der Waals surface area contributed by atoms with Gasteiger partial charge in [-0.15, -0.1) is 0 Å². The van der Waals surface area contributed by atoms with Crippen molar-refractivity contribution in [2.75, 3.05) is 5.32 Å². The molecule has 1 heterocycles. The molecule has 2 rings (SSSR count). The maximum Gasteiger partial charge on any atom is 0.417 e. The third-order valence-electron chi connectivity index (χ3n) is 2.45. The first-order valence-corrected chi connectivity index (χ1v) is 5.84. The van der Waals surface area contributed by atoms with Crippen LogP contribution in [-0.2, 0) is 12.7 Å². The number of pyridine rings is 1. The first-order chi connectivity index (χ1) is 8.95. The second kappa shape index (κ2) is 5.48. The summed E-state index contributed by atoms with van der Waals surface area (Å²) in [6.07, 6.45) is -3.56. The van der Waals surface area contributed by atoms with Crippen molar-refractivity contribution in [2.24, 2.45) is 0 Å². The third kappa shape index (κ3) is 3.86. The predicted octanol–water partition coefficient (Wildman–Crippen LogP) is 4.37. The van der Waals surface area contributed by atoms with E-state index in [2.05, 4.69) is 10.3 Å². The van der Waals surface area contributed by atoms with E-state index < -0.39 is 11.7 Å². The zero-order chi connectivity index (χ0) is 13.9. The Hall–Kier alpha value is -1.75. The lowest BCUT2D eigenvalue weighted by molar-refractivity contribution is -0.137. The summed E-state index contributed by atoms with van der Waals surface area (Å²) < 4.78 is 37.0. The second-order valence-electron chi connectivity index (χ2n) is 3.91. The summed E-state index contributed by atoms with van der Waals surface area (Å²) >= 11 is 5.83. The van der Waals surface area contributed by atoms with Gasteiger partial charge in [-0.05, 0) is 29.8 Å². The normalized spacial score (nSPS) is 11.4. The second-order valence-corrected chi connectivity index (χ2v) is 4.35. The van der Waals surface area contributed by atoms with Crippen molar-refractivity contribution >= 4 is 17.4 Å². The highest BCUT2D eigenvalue weighted by atomic mass is 35.5. The highest BCUT2D eigenvalue weighted by Crippen LogP contribution is 2.28. The molecule has 1 aromatic heterocycles. The van der Waals surface area contributed by atoms with Crippen molar-refractivity contribution < 1.29 is 13.2 Å². The van der Waals surface area contributed by atoms with Gasteiger partial charge in [0.05, 0.1) is 5.56 Å². The maximum absolute atomic E-state index is 12.3. The Kier molecular flexibility index (Phi) is 3.95. The lowest BCUT2D eigenvalue weighted by Gasteiger charge is -2.08. The Morgan fingerprint density at radius 2 is 1.95 bits per heavy atom. The number of nitrogens with zero attached hydrogens (tertiary/aromatic N) is 1. The fraction of sp³-hybridized carbons (Fsp3) is 0.154. The molecule has 100 valence electrons. The number of benzene rings is 1. The number of aromatic nitrogens is 1. The van der Waals surface area contributed by atoms with Crippen LogP contribution in [0.2, 0.25) is 5.02 Å². The smallest absolute Gasteiger partial charge is 0.366 e. The molecule has 0 bridgehead atoms. The number of halogens is 4. The van der Waals surface area contributed by atoms with Crippen molar-refractivity contribution in [3.63, 3.8) is 0 Å². The average molecular weight is 287 g/mol. The van der Waals surface area contributed by atoms with Crippen LogP contribution in [0.4, 0.5) is 19.0 Å². The van der Waals surface area contributed by atoms with Crippen molar-refractivity contribution in [1.29, 1.82) is 0 Å². The van der Waals surface area contributed by atoms with Gasteiger partial charge >= 0.3 is 6.18 Å². The first kappa shape index (κ1) is 13.7. The monoisotopic (exact) mass is 286 g/mol. The molecule has 0 atom stereocenters. The van der Waals surface area contributed by atoms with Gasteiger partial charge in [-0.1, -0.05) is 23.7 Å². The molecular weight excluding hydrogens is 277 g/mol. The molecule has 0 aliphatic carbocycles. The lowest BCUT2D eigenvalue weighted by Crippen LogP contribution is -2.07. The number of alkyl halides is 3. The summed E-state index contributed by atoms with van der Waals surface area (Å²) in [4.78, 5) is 3.72. The van der Waals surface area contributed by atoms with Crippen LogP contribution in [0, 0.1) is 0 Å². The Morgan fingerprint density at radius 1 is 1.16 bits per heavy atom. The van der Waals surface area contributed by atoms with Gasteiger partial charge in [-0.25, -0.2) is 4.98 Å². The molecule has 0 aliphatic heterocycles. The van der Waals surface area contributed by atoms with Crippen LogP contribution in [0.5, 0.6) is 0 Å². The Balaban J connectivity index is 2.01. The molecular formula is C13H10ClF3N2. The predicted molar refractivity (Wildman–Crippen MR) is 68.0 cm³/mol. The molecule has 0 saturated carbocycles. The zero-order valence-electron chi connectivity index (χ0n) is 9.71. The van der Waals surface area contributed by atoms with Crippen LogP contribution < -0.4 is 5.32 Å². The lowest BCUT2D eigenvalue weighted by atomic mass is 10.2. The maximum atomic E-state index is 12.3. The highest BCUT2D eigenvalue weighted by molar-refractivity contribution is 6.30. The summed E-state index contributed by atoms with van der Waals surface area (Å²) in [6.45, 7) is 0.443. The van der Waals surface area contributed by atoms with E-state index in [-0.39, 0.29) is 0 Å². The molecule has 0 aliphatic rings. The molecule has 0 saturated heterocycles. The topological polar surface area (TPSA) is 24.9 Å². The summed E-state index contributed by atoms with van der Waals surface area (Å²) in [5, 5.41) is 3.54. The summed E-state index contributed by atoms with van der Waals surface area (Å²) in [5.74, 6) is 0.382. The van der Waals surface area contributed by atoms with Gasteiger partial charge in [0.15, 0.2) is 0 Å². The SMILES string of the molecule is FC(F)(F)c1ccc(NCc2cccc(Cl)c2)nc1. The Morgan fingerprint density at radius 3 is 2.53 bits per heavy atom. The molecule has 0 amide bonds. The minimum absolute atomic E-state index is 0.382. The van der Waals surface area contributed by atoms with E-state index in [1.54, 1.807) is 18.2 Å². The van der Waals surface area contributed by atoms with Gasteiger partial charge in [-0.3, -0.25) is 0 Å². The fourth-order valence-electron chi connectivity index (χ4n) is 1.51. The van der Waals surface area contributed by atoms with E-state index in [0.717, 1.165) is 17.8 Å². The van der Waals surface area contributed by atoms with E-state index in [4.69, 9.17) is 11.6 Å². The minimum atomic E-state index is -4.36. The summed E-state index contributed by atoms with van der Waals surface area (Å²) in [7, 11) is 0. The van der Waals surface area contributed by atoms with Crippen LogP contribution in [0.3, 0.4) is 0 Å². The van der Waals surface area contributed by atoms with E-state index in [9.17, 15) is 13.2 Å². The van der Waals surface area contributed by atoms with Crippen molar-refractivity contribution in [2.45, 2.75) is 12.7 Å². The van der Waals surface area contributed by atoms with Gasteiger partial charge in [0.2, 0.25) is 0 Å². The van der Waals surface area contributed by atoms with Crippen LogP contribution >= 0.6 is 11.6 Å². The van der Waals surface area contributed by atoms with Crippen LogP contribution in [0.25, 0.3) is 0 Å². The third-order valence-corrected chi connectivity index (χ3v) is 2.69. The summed E-state index contributed by atoms with van der Waals surface area (Å²) in [5.41, 5.74) is 0.162. The van der Waals surface area contributed by atoms with Crippen LogP contribution in [-0.4, -0.2) is 4.98 Å². The van der Waals surface area contributed by atoms with Crippen molar-refractivity contribution in [3.05, 3.63) is 58.7 Å². The molecule has 0 spiro atoms. The average Bonchev–Trinajstić information content (AvgIpc) is 2.36. The highest BCUT2D eigenvalue weighted by Gasteiger charge is 2.30. The molecule has 6 heteroatoms. The van der Waals surface area contributed by atoms with Crippen molar-refractivity contribution in [3.8, 4) is 0 Å². The van der Waals surface area contributed by atoms with Crippen LogP contribution in [0.1, 0.15) is 11.1 Å². The Bertz CT molecular complexity index is 553. The number of hydrogen-bond donors (Lipinski definition) is 1. The summed E-state index contributed by atoms with van der Waals surface area (Å²) in [6, 6.07) is 9.49.